The molecule has 2 aliphatic heterocycles. The third-order valence-electron chi connectivity index (χ3n) is 7.48. The highest BCUT2D eigenvalue weighted by Crippen LogP contribution is 2.51. The van der Waals surface area contributed by atoms with E-state index < -0.39 is 11.3 Å². The van der Waals surface area contributed by atoms with Gasteiger partial charge in [0.05, 0.1) is 24.0 Å². The van der Waals surface area contributed by atoms with E-state index in [0.29, 0.717) is 17.9 Å². The summed E-state index contributed by atoms with van der Waals surface area (Å²) in [6, 6.07) is 16.1. The van der Waals surface area contributed by atoms with Crippen molar-refractivity contribution in [3.05, 3.63) is 71.9 Å². The van der Waals surface area contributed by atoms with Gasteiger partial charge in [0.2, 0.25) is 11.8 Å². The number of pyridine rings is 1. The first kappa shape index (κ1) is 26.1. The molecule has 2 unspecified atom stereocenters. The van der Waals surface area contributed by atoms with Crippen molar-refractivity contribution >= 4 is 41.0 Å². The number of benzene rings is 2. The zero-order chi connectivity index (χ0) is 27.8. The van der Waals surface area contributed by atoms with E-state index in [1.165, 1.54) is 11.8 Å². The predicted molar refractivity (Wildman–Crippen MR) is 152 cm³/mol. The Bertz CT molecular complexity index is 1470. The molecule has 1 aromatic heterocycles. The van der Waals surface area contributed by atoms with Gasteiger partial charge in [-0.15, -0.1) is 0 Å². The van der Waals surface area contributed by atoms with Crippen LogP contribution < -0.4 is 31.3 Å². The molecule has 0 radical (unpaired) electrons. The van der Waals surface area contributed by atoms with Gasteiger partial charge in [-0.05, 0) is 68.1 Å². The van der Waals surface area contributed by atoms with Crippen LogP contribution in [0.25, 0.3) is 0 Å². The van der Waals surface area contributed by atoms with Gasteiger partial charge in [-0.1, -0.05) is 30.0 Å². The zero-order valence-electron chi connectivity index (χ0n) is 21.9. The predicted octanol–water partition coefficient (Wildman–Crippen LogP) is 3.67. The van der Waals surface area contributed by atoms with Crippen molar-refractivity contribution in [2.24, 2.45) is 5.73 Å². The number of aromatic nitrogens is 1. The summed E-state index contributed by atoms with van der Waals surface area (Å²) < 4.78 is 5.97. The highest BCUT2D eigenvalue weighted by molar-refractivity contribution is 8.01. The number of nitrogens with one attached hydrogen (secondary N) is 3. The van der Waals surface area contributed by atoms with Crippen LogP contribution in [0, 0.1) is 6.92 Å². The van der Waals surface area contributed by atoms with E-state index >= 15 is 0 Å². The number of rotatable bonds is 7. The molecule has 3 aromatic rings. The van der Waals surface area contributed by atoms with E-state index in [2.05, 4.69) is 20.9 Å². The molecule has 0 bridgehead atoms. The highest BCUT2D eigenvalue weighted by Gasteiger charge is 2.47. The van der Waals surface area contributed by atoms with Crippen molar-refractivity contribution in [1.29, 1.82) is 0 Å². The maximum Gasteiger partial charge on any atom is 0.327 e. The maximum absolute atomic E-state index is 13.5. The Balaban J connectivity index is 1.20. The van der Waals surface area contributed by atoms with Crippen LogP contribution in [-0.2, 0) is 9.59 Å². The minimum atomic E-state index is -0.546. The Morgan fingerprint density at radius 1 is 1.07 bits per heavy atom. The van der Waals surface area contributed by atoms with Crippen LogP contribution in [0.5, 0.6) is 11.5 Å². The summed E-state index contributed by atoms with van der Waals surface area (Å²) in [5, 5.41) is 9.28. The summed E-state index contributed by atoms with van der Waals surface area (Å²) in [5.74, 6) is 1.06. The number of carbonyl (C=O) groups excluding carboxylic acids is 3. The van der Waals surface area contributed by atoms with Gasteiger partial charge in [-0.25, -0.2) is 9.78 Å². The van der Waals surface area contributed by atoms with E-state index in [1.54, 1.807) is 11.1 Å². The molecule has 1 saturated carbocycles. The number of thioether (sulfide) groups is 1. The highest BCUT2D eigenvalue weighted by atomic mass is 32.2. The van der Waals surface area contributed by atoms with Gasteiger partial charge in [0.15, 0.2) is 0 Å². The Kier molecular flexibility index (Phi) is 7.07. The molecule has 4 amide bonds. The number of aryl methyl sites for hydroxylation is 1. The van der Waals surface area contributed by atoms with Crippen molar-refractivity contribution in [3.8, 4) is 11.5 Å². The molecule has 206 valence electrons. The molecule has 40 heavy (non-hydrogen) atoms. The third kappa shape index (κ3) is 4.98. The van der Waals surface area contributed by atoms with Gasteiger partial charge in [0.1, 0.15) is 21.8 Å². The topological polar surface area (TPSA) is 139 Å². The Morgan fingerprint density at radius 3 is 2.60 bits per heavy atom. The summed E-state index contributed by atoms with van der Waals surface area (Å²) in [6.07, 6.45) is 3.88. The smallest absolute Gasteiger partial charge is 0.327 e. The molecule has 0 spiro atoms. The number of nitrogens with two attached hydrogens (primary N) is 1. The van der Waals surface area contributed by atoms with Crippen molar-refractivity contribution < 1.29 is 19.1 Å². The lowest BCUT2D eigenvalue weighted by Crippen LogP contribution is -2.50. The standard InChI is InChI=1S/C29H30N6O4S/c1-16-13-20(39-19-5-3-2-4-6-19)9-10-21(16)35-22-11-12-31-28-24(22)25(34-29(35)38)26(40-28)27(37)33-18-8-7-17(14-18)32-23(36)15-30/h2-6,9-13,17-18,25-26H,7-8,14-15,30H2,1H3,(H,32,36)(H,33,37)(H,34,38)/t17-,18+,25?,26?/m1/s1. The van der Waals surface area contributed by atoms with Gasteiger partial charge in [0.25, 0.3) is 0 Å². The summed E-state index contributed by atoms with van der Waals surface area (Å²) in [6.45, 7) is 1.88. The fourth-order valence-corrected chi connectivity index (χ4v) is 6.88. The van der Waals surface area contributed by atoms with E-state index in [4.69, 9.17) is 10.5 Å². The van der Waals surface area contributed by atoms with Crippen LogP contribution in [0.15, 0.2) is 65.8 Å². The lowest BCUT2D eigenvalue weighted by Gasteiger charge is -2.35. The van der Waals surface area contributed by atoms with Crippen LogP contribution in [0.1, 0.15) is 36.4 Å². The molecule has 10 nitrogen and oxygen atoms in total. The molecule has 1 aliphatic carbocycles. The molecule has 6 rings (SSSR count). The molecular formula is C29H30N6O4S. The largest absolute Gasteiger partial charge is 0.457 e. The van der Waals surface area contributed by atoms with Crippen molar-refractivity contribution in [2.75, 3.05) is 11.4 Å². The first-order chi connectivity index (χ1) is 19.4. The average molecular weight is 559 g/mol. The van der Waals surface area contributed by atoms with Gasteiger partial charge in [0, 0.05) is 23.8 Å². The minimum Gasteiger partial charge on any atom is -0.457 e. The molecule has 3 aliphatic rings. The first-order valence-electron chi connectivity index (χ1n) is 13.3. The molecular weight excluding hydrogens is 528 g/mol. The number of hydrogen-bond donors (Lipinski definition) is 4. The Morgan fingerprint density at radius 2 is 1.85 bits per heavy atom. The molecule has 1 fully saturated rings. The fourth-order valence-electron chi connectivity index (χ4n) is 5.64. The van der Waals surface area contributed by atoms with Crippen molar-refractivity contribution in [2.45, 2.75) is 54.6 Å². The molecule has 0 saturated heterocycles. The van der Waals surface area contributed by atoms with Crippen LogP contribution >= 0.6 is 11.8 Å². The first-order valence-corrected chi connectivity index (χ1v) is 14.2. The third-order valence-corrected chi connectivity index (χ3v) is 8.77. The van der Waals surface area contributed by atoms with Crippen LogP contribution in [0.2, 0.25) is 0 Å². The number of amides is 4. The normalized spacial score (nSPS) is 22.9. The summed E-state index contributed by atoms with van der Waals surface area (Å²) in [5.41, 5.74) is 8.55. The van der Waals surface area contributed by atoms with Crippen LogP contribution in [0.3, 0.4) is 0 Å². The van der Waals surface area contributed by atoms with Crippen LogP contribution in [-0.4, -0.2) is 46.7 Å². The van der Waals surface area contributed by atoms with Gasteiger partial charge >= 0.3 is 6.03 Å². The Labute approximate surface area is 236 Å². The SMILES string of the molecule is Cc1cc(Oc2ccccc2)ccc1N1C(=O)NC2c3c1ccnc3SC2C(=O)N[C@H]1CC[C@@H](NC(=O)CN)C1. The quantitative estimate of drug-likeness (QED) is 0.347. The fraction of sp³-hybridized carbons (Fsp3) is 0.310. The number of anilines is 2. The van der Waals surface area contributed by atoms with Crippen LogP contribution in [0.4, 0.5) is 16.2 Å². The maximum atomic E-state index is 13.5. The second-order valence-corrected chi connectivity index (χ2v) is 11.3. The lowest BCUT2D eigenvalue weighted by atomic mass is 9.99. The van der Waals surface area contributed by atoms with Gasteiger partial charge < -0.3 is 26.4 Å². The molecule has 11 heteroatoms. The molecule has 2 aromatic carbocycles. The average Bonchev–Trinajstić information content (AvgIpc) is 3.55. The number of ether oxygens (including phenoxy) is 1. The summed E-state index contributed by atoms with van der Waals surface area (Å²) in [7, 11) is 0. The van der Waals surface area contributed by atoms with E-state index in [9.17, 15) is 14.4 Å². The second kappa shape index (κ2) is 10.8. The number of carbonyl (C=O) groups is 3. The molecule has 5 N–H and O–H groups in total. The number of hydrogen-bond acceptors (Lipinski definition) is 7. The molecule has 3 heterocycles. The zero-order valence-corrected chi connectivity index (χ0v) is 22.7. The van der Waals surface area contributed by atoms with Gasteiger partial charge in [-0.3, -0.25) is 14.5 Å². The second-order valence-electron chi connectivity index (χ2n) is 10.2. The minimum absolute atomic E-state index is 0.00119. The van der Waals surface area contributed by atoms with Crippen molar-refractivity contribution in [3.63, 3.8) is 0 Å². The number of urea groups is 1. The molecule has 4 atom stereocenters. The Hall–Kier alpha value is -4.09. The lowest BCUT2D eigenvalue weighted by molar-refractivity contribution is -0.121. The summed E-state index contributed by atoms with van der Waals surface area (Å²) in [4.78, 5) is 44.8. The monoisotopic (exact) mass is 558 g/mol. The van der Waals surface area contributed by atoms with Gasteiger partial charge in [-0.2, -0.15) is 0 Å². The van der Waals surface area contributed by atoms with E-state index in [0.717, 1.165) is 40.4 Å². The summed E-state index contributed by atoms with van der Waals surface area (Å²) >= 11 is 1.37. The van der Waals surface area contributed by atoms with E-state index in [-0.39, 0.29) is 36.5 Å². The van der Waals surface area contributed by atoms with E-state index in [1.807, 2.05) is 61.5 Å². The number of nitrogens with zero attached hydrogens (tertiary/aromatic N) is 2. The number of para-hydroxylation sites is 1. The van der Waals surface area contributed by atoms with Crippen molar-refractivity contribution in [1.82, 2.24) is 20.9 Å².